The summed E-state index contributed by atoms with van der Waals surface area (Å²) in [6.07, 6.45) is -0.0326. The third-order valence-corrected chi connectivity index (χ3v) is 4.72. The SMILES string of the molecule is Cc1cc(C)cc(NC(=O)[C@H]2CC(=O)N3C(=S)NC(=O)C(C)(C)N23)c1. The number of hydrogen-bond acceptors (Lipinski definition) is 5. The maximum atomic E-state index is 12.8. The van der Waals surface area contributed by atoms with Crippen molar-refractivity contribution in [1.82, 2.24) is 15.3 Å². The van der Waals surface area contributed by atoms with E-state index in [-0.39, 0.29) is 29.3 Å². The topological polar surface area (TPSA) is 81.8 Å². The molecule has 2 heterocycles. The van der Waals surface area contributed by atoms with Crippen LogP contribution >= 0.6 is 12.2 Å². The van der Waals surface area contributed by atoms with Crippen LogP contribution in [0, 0.1) is 13.8 Å². The van der Waals surface area contributed by atoms with E-state index >= 15 is 0 Å². The van der Waals surface area contributed by atoms with Crippen molar-refractivity contribution in [2.24, 2.45) is 0 Å². The summed E-state index contributed by atoms with van der Waals surface area (Å²) in [5.74, 6) is -0.988. The monoisotopic (exact) mass is 360 g/mol. The van der Waals surface area contributed by atoms with Gasteiger partial charge in [0.2, 0.25) is 17.7 Å². The molecule has 3 rings (SSSR count). The molecule has 7 nitrogen and oxygen atoms in total. The highest BCUT2D eigenvalue weighted by Crippen LogP contribution is 2.33. The minimum absolute atomic E-state index is 0.0102. The number of rotatable bonds is 2. The fourth-order valence-electron chi connectivity index (χ4n) is 3.33. The molecule has 0 aromatic heterocycles. The van der Waals surface area contributed by atoms with E-state index in [1.165, 1.54) is 10.0 Å². The van der Waals surface area contributed by atoms with Crippen LogP contribution in [-0.4, -0.2) is 44.4 Å². The lowest BCUT2D eigenvalue weighted by Crippen LogP contribution is -2.71. The molecule has 1 aromatic carbocycles. The van der Waals surface area contributed by atoms with Gasteiger partial charge >= 0.3 is 0 Å². The third-order valence-electron chi connectivity index (χ3n) is 4.45. The molecule has 0 unspecified atom stereocenters. The van der Waals surface area contributed by atoms with Crippen molar-refractivity contribution in [1.29, 1.82) is 0 Å². The Kier molecular flexibility index (Phi) is 4.12. The summed E-state index contributed by atoms with van der Waals surface area (Å²) in [4.78, 5) is 37.5. The Labute approximate surface area is 151 Å². The summed E-state index contributed by atoms with van der Waals surface area (Å²) >= 11 is 5.10. The molecule has 0 aliphatic carbocycles. The average molecular weight is 360 g/mol. The van der Waals surface area contributed by atoms with Crippen molar-refractivity contribution in [3.63, 3.8) is 0 Å². The van der Waals surface area contributed by atoms with Gasteiger partial charge in [0, 0.05) is 5.69 Å². The largest absolute Gasteiger partial charge is 0.325 e. The normalized spacial score (nSPS) is 22.6. The highest BCUT2D eigenvalue weighted by molar-refractivity contribution is 7.80. The number of anilines is 1. The summed E-state index contributed by atoms with van der Waals surface area (Å²) in [5.41, 5.74) is 1.64. The first-order valence-corrected chi connectivity index (χ1v) is 8.39. The van der Waals surface area contributed by atoms with E-state index in [9.17, 15) is 14.4 Å². The lowest BCUT2D eigenvalue weighted by Gasteiger charge is -2.45. The van der Waals surface area contributed by atoms with Gasteiger partial charge in [-0.25, -0.2) is 5.01 Å². The fourth-order valence-corrected chi connectivity index (χ4v) is 3.61. The number of hydrogen-bond donors (Lipinski definition) is 2. The predicted molar refractivity (Wildman–Crippen MR) is 96.5 cm³/mol. The first kappa shape index (κ1) is 17.5. The van der Waals surface area contributed by atoms with Gasteiger partial charge < -0.3 is 5.32 Å². The maximum Gasteiger partial charge on any atom is 0.248 e. The van der Waals surface area contributed by atoms with Crippen molar-refractivity contribution in [3.8, 4) is 0 Å². The molecule has 0 bridgehead atoms. The molecule has 2 fully saturated rings. The molecule has 25 heavy (non-hydrogen) atoms. The number of nitrogens with one attached hydrogen (secondary N) is 2. The Morgan fingerprint density at radius 2 is 1.84 bits per heavy atom. The Morgan fingerprint density at radius 1 is 1.24 bits per heavy atom. The minimum atomic E-state index is -1.07. The number of amides is 3. The van der Waals surface area contributed by atoms with Gasteiger partial charge in [0.05, 0.1) is 6.42 Å². The average Bonchev–Trinajstić information content (AvgIpc) is 2.83. The first-order chi connectivity index (χ1) is 11.6. The lowest BCUT2D eigenvalue weighted by molar-refractivity contribution is -0.154. The van der Waals surface area contributed by atoms with E-state index < -0.39 is 11.6 Å². The predicted octanol–water partition coefficient (Wildman–Crippen LogP) is 1.25. The maximum absolute atomic E-state index is 12.8. The summed E-state index contributed by atoms with van der Waals surface area (Å²) in [5, 5.41) is 8.09. The molecule has 2 aliphatic heterocycles. The number of hydrazine groups is 1. The highest BCUT2D eigenvalue weighted by atomic mass is 32.1. The van der Waals surface area contributed by atoms with Crippen LogP contribution in [0.3, 0.4) is 0 Å². The quantitative estimate of drug-likeness (QED) is 0.776. The number of carbonyl (C=O) groups is 3. The number of carbonyl (C=O) groups excluding carboxylic acids is 3. The Balaban J connectivity index is 1.91. The molecule has 0 radical (unpaired) electrons. The van der Waals surface area contributed by atoms with E-state index in [4.69, 9.17) is 12.2 Å². The Bertz CT molecular complexity index is 785. The van der Waals surface area contributed by atoms with Crippen molar-refractivity contribution in [2.45, 2.75) is 45.7 Å². The van der Waals surface area contributed by atoms with Gasteiger partial charge in [0.15, 0.2) is 5.11 Å². The van der Waals surface area contributed by atoms with Crippen LogP contribution in [-0.2, 0) is 14.4 Å². The molecule has 2 aliphatic rings. The molecular weight excluding hydrogens is 340 g/mol. The first-order valence-electron chi connectivity index (χ1n) is 7.98. The van der Waals surface area contributed by atoms with Gasteiger partial charge in [-0.15, -0.1) is 0 Å². The van der Waals surface area contributed by atoms with E-state index in [0.717, 1.165) is 11.1 Å². The van der Waals surface area contributed by atoms with Gasteiger partial charge in [-0.1, -0.05) is 6.07 Å². The molecule has 2 saturated heterocycles. The smallest absolute Gasteiger partial charge is 0.248 e. The molecule has 0 saturated carbocycles. The number of fused-ring (bicyclic) bond motifs is 1. The van der Waals surface area contributed by atoms with Crippen LogP contribution in [0.4, 0.5) is 5.69 Å². The second-order valence-corrected chi connectivity index (χ2v) is 7.34. The van der Waals surface area contributed by atoms with Gasteiger partial charge in [0.1, 0.15) is 11.6 Å². The molecule has 1 atom stereocenters. The van der Waals surface area contributed by atoms with Crippen molar-refractivity contribution < 1.29 is 14.4 Å². The fraction of sp³-hybridized carbons (Fsp3) is 0.412. The summed E-state index contributed by atoms with van der Waals surface area (Å²) < 4.78 is 0. The van der Waals surface area contributed by atoms with E-state index in [1.807, 2.05) is 32.0 Å². The number of aryl methyl sites for hydroxylation is 2. The molecule has 2 N–H and O–H groups in total. The summed E-state index contributed by atoms with van der Waals surface area (Å²) in [6, 6.07) is 4.93. The standard InChI is InChI=1S/C17H20N4O3S/c1-9-5-10(2)7-11(6-9)18-14(23)12-8-13(22)20-16(25)19-15(24)17(3,4)21(12)20/h5-7,12H,8H2,1-4H3,(H,18,23)(H,19,24,25)/t12-/m1/s1. The van der Waals surface area contributed by atoms with Crippen molar-refractivity contribution >= 4 is 40.7 Å². The van der Waals surface area contributed by atoms with Crippen molar-refractivity contribution in [2.75, 3.05) is 5.32 Å². The minimum Gasteiger partial charge on any atom is -0.325 e. The van der Waals surface area contributed by atoms with E-state index in [0.29, 0.717) is 5.69 Å². The molecule has 0 spiro atoms. The van der Waals surface area contributed by atoms with Crippen LogP contribution in [0.25, 0.3) is 0 Å². The molecule has 3 amide bonds. The molecular formula is C17H20N4O3S. The third kappa shape index (κ3) is 2.91. The number of nitrogens with zero attached hydrogens (tertiary/aromatic N) is 2. The Hall–Kier alpha value is -2.32. The van der Waals surface area contributed by atoms with Crippen LogP contribution in [0.5, 0.6) is 0 Å². The van der Waals surface area contributed by atoms with Gasteiger partial charge in [0.25, 0.3) is 0 Å². The van der Waals surface area contributed by atoms with Crippen LogP contribution in [0.15, 0.2) is 18.2 Å². The molecule has 1 aromatic rings. The zero-order valence-electron chi connectivity index (χ0n) is 14.5. The summed E-state index contributed by atoms with van der Waals surface area (Å²) in [7, 11) is 0. The molecule has 8 heteroatoms. The second-order valence-electron chi connectivity index (χ2n) is 6.95. The zero-order valence-corrected chi connectivity index (χ0v) is 15.4. The van der Waals surface area contributed by atoms with Gasteiger partial charge in [-0.05, 0) is 63.2 Å². The number of thiocarbonyl (C=S) groups is 1. The Morgan fingerprint density at radius 3 is 2.44 bits per heavy atom. The van der Waals surface area contributed by atoms with Crippen LogP contribution < -0.4 is 10.6 Å². The van der Waals surface area contributed by atoms with E-state index in [2.05, 4.69) is 10.6 Å². The van der Waals surface area contributed by atoms with E-state index in [1.54, 1.807) is 13.8 Å². The molecule has 132 valence electrons. The van der Waals surface area contributed by atoms with Gasteiger partial charge in [-0.2, -0.15) is 5.01 Å². The lowest BCUT2D eigenvalue weighted by atomic mass is 10.00. The number of benzene rings is 1. The summed E-state index contributed by atoms with van der Waals surface area (Å²) in [6.45, 7) is 7.21. The van der Waals surface area contributed by atoms with Crippen LogP contribution in [0.1, 0.15) is 31.4 Å². The highest BCUT2D eigenvalue weighted by Gasteiger charge is 2.56. The second kappa shape index (κ2) is 5.89. The zero-order chi connectivity index (χ0) is 18.5. The van der Waals surface area contributed by atoms with Crippen LogP contribution in [0.2, 0.25) is 0 Å². The van der Waals surface area contributed by atoms with Gasteiger partial charge in [-0.3, -0.25) is 19.7 Å². The van der Waals surface area contributed by atoms with Crippen molar-refractivity contribution in [3.05, 3.63) is 29.3 Å².